The summed E-state index contributed by atoms with van der Waals surface area (Å²) in [5, 5.41) is 2.55. The van der Waals surface area contributed by atoms with Crippen LogP contribution in [0.15, 0.2) is 24.3 Å². The minimum absolute atomic E-state index is 0.0479. The van der Waals surface area contributed by atoms with Crippen LogP contribution in [-0.4, -0.2) is 13.0 Å². The van der Waals surface area contributed by atoms with E-state index in [1.165, 1.54) is 6.07 Å². The topological polar surface area (TPSA) is 12.0 Å². The van der Waals surface area contributed by atoms with Gasteiger partial charge in [-0.25, -0.2) is 8.78 Å². The molecule has 1 atom stereocenters. The lowest BCUT2D eigenvalue weighted by Crippen LogP contribution is -2.28. The van der Waals surface area contributed by atoms with E-state index in [1.54, 1.807) is 6.92 Å². The summed E-state index contributed by atoms with van der Waals surface area (Å²) in [5.74, 6) is 0. The van der Waals surface area contributed by atoms with Gasteiger partial charge in [0.2, 0.25) is 0 Å². The summed E-state index contributed by atoms with van der Waals surface area (Å²) in [5.41, 5.74) is -0.961. The van der Waals surface area contributed by atoms with Crippen molar-refractivity contribution < 1.29 is 22.0 Å². The lowest BCUT2D eigenvalue weighted by atomic mass is 10.0. The van der Waals surface area contributed by atoms with Gasteiger partial charge >= 0.3 is 6.18 Å². The summed E-state index contributed by atoms with van der Waals surface area (Å²) in [7, 11) is 0. The van der Waals surface area contributed by atoms with Crippen LogP contribution >= 0.6 is 0 Å². The normalized spacial score (nSPS) is 13.9. The van der Waals surface area contributed by atoms with Crippen LogP contribution in [0.2, 0.25) is 0 Å². The van der Waals surface area contributed by atoms with Gasteiger partial charge in [0.05, 0.1) is 11.6 Å². The number of alkyl halides is 5. The van der Waals surface area contributed by atoms with E-state index in [1.807, 2.05) is 0 Å². The lowest BCUT2D eigenvalue weighted by molar-refractivity contribution is -0.137. The molecule has 0 saturated heterocycles. The van der Waals surface area contributed by atoms with Gasteiger partial charge in [0, 0.05) is 0 Å². The van der Waals surface area contributed by atoms with Crippen molar-refractivity contribution in [3.8, 4) is 0 Å². The van der Waals surface area contributed by atoms with E-state index >= 15 is 0 Å². The van der Waals surface area contributed by atoms with E-state index in [-0.39, 0.29) is 5.56 Å². The maximum absolute atomic E-state index is 12.8. The molecule has 0 radical (unpaired) electrons. The van der Waals surface area contributed by atoms with Gasteiger partial charge in [-0.05, 0) is 30.7 Å². The molecule has 0 saturated carbocycles. The number of rotatable bonds is 5. The molecule has 1 aromatic rings. The quantitative estimate of drug-likeness (QED) is 0.795. The Hall–Kier alpha value is -1.17. The third-order valence-electron chi connectivity index (χ3n) is 2.44. The molecule has 6 heteroatoms. The van der Waals surface area contributed by atoms with Gasteiger partial charge in [-0.1, -0.05) is 19.1 Å². The fraction of sp³-hybridized carbons (Fsp3) is 0.500. The summed E-state index contributed by atoms with van der Waals surface area (Å²) in [6, 6.07) is 2.67. The maximum Gasteiger partial charge on any atom is 0.416 e. The molecule has 0 spiro atoms. The zero-order chi connectivity index (χ0) is 13.8. The number of hydrogen-bond acceptors (Lipinski definition) is 1. The Labute approximate surface area is 102 Å². The molecule has 0 aliphatic carbocycles. The molecular weight excluding hydrogens is 253 g/mol. The van der Waals surface area contributed by atoms with Crippen LogP contribution in [0.25, 0.3) is 0 Å². The Morgan fingerprint density at radius 1 is 1.22 bits per heavy atom. The van der Waals surface area contributed by atoms with E-state index in [0.717, 1.165) is 18.2 Å². The second-order valence-electron chi connectivity index (χ2n) is 3.89. The number of nitrogens with one attached hydrogen (secondary N) is 1. The molecule has 1 unspecified atom stereocenters. The molecule has 1 rings (SSSR count). The summed E-state index contributed by atoms with van der Waals surface area (Å²) in [6.07, 6.45) is -6.64. The van der Waals surface area contributed by atoms with Crippen molar-refractivity contribution >= 4 is 0 Å². The first kappa shape index (κ1) is 14.9. The Kier molecular flexibility index (Phi) is 5.07. The Morgan fingerprint density at radius 2 is 1.89 bits per heavy atom. The Morgan fingerprint density at radius 3 is 2.39 bits per heavy atom. The molecule has 18 heavy (non-hydrogen) atoms. The highest BCUT2D eigenvalue weighted by molar-refractivity contribution is 5.28. The zero-order valence-electron chi connectivity index (χ0n) is 9.77. The van der Waals surface area contributed by atoms with E-state index in [9.17, 15) is 22.0 Å². The molecule has 0 amide bonds. The van der Waals surface area contributed by atoms with Crippen molar-refractivity contribution in [2.45, 2.75) is 32.0 Å². The van der Waals surface area contributed by atoms with Gasteiger partial charge in [0.25, 0.3) is 6.43 Å². The molecule has 0 aromatic heterocycles. The van der Waals surface area contributed by atoms with E-state index in [4.69, 9.17) is 0 Å². The third kappa shape index (κ3) is 3.94. The Balaban J connectivity index is 2.98. The molecule has 1 aromatic carbocycles. The molecule has 0 fully saturated rings. The molecular formula is C12H14F5N. The molecule has 1 N–H and O–H groups in total. The van der Waals surface area contributed by atoms with E-state index in [2.05, 4.69) is 5.32 Å². The zero-order valence-corrected chi connectivity index (χ0v) is 9.77. The number of halogens is 5. The number of hydrogen-bond donors (Lipinski definition) is 1. The summed E-state index contributed by atoms with van der Waals surface area (Å²) in [6.45, 7) is 2.12. The SMILES string of the molecule is CCCNC(c1cccc(C(F)(F)F)c1)C(F)F. The fourth-order valence-electron chi connectivity index (χ4n) is 1.56. The first-order valence-corrected chi connectivity index (χ1v) is 5.55. The average molecular weight is 267 g/mol. The fourth-order valence-corrected chi connectivity index (χ4v) is 1.56. The minimum atomic E-state index is -4.52. The van der Waals surface area contributed by atoms with Crippen molar-refractivity contribution in [3.05, 3.63) is 35.4 Å². The second kappa shape index (κ2) is 6.13. The predicted molar refractivity (Wildman–Crippen MR) is 58.5 cm³/mol. The van der Waals surface area contributed by atoms with Crippen LogP contribution in [0, 0.1) is 0 Å². The first-order chi connectivity index (χ1) is 8.36. The van der Waals surface area contributed by atoms with Crippen molar-refractivity contribution in [1.82, 2.24) is 5.32 Å². The third-order valence-corrected chi connectivity index (χ3v) is 2.44. The molecule has 0 heterocycles. The predicted octanol–water partition coefficient (Wildman–Crippen LogP) is 4.01. The van der Waals surface area contributed by atoms with Crippen LogP contribution < -0.4 is 5.32 Å². The molecule has 0 bridgehead atoms. The monoisotopic (exact) mass is 267 g/mol. The highest BCUT2D eigenvalue weighted by Crippen LogP contribution is 2.31. The van der Waals surface area contributed by atoms with Crippen LogP contribution in [-0.2, 0) is 6.18 Å². The highest BCUT2D eigenvalue weighted by atomic mass is 19.4. The van der Waals surface area contributed by atoms with Crippen LogP contribution in [0.1, 0.15) is 30.5 Å². The van der Waals surface area contributed by atoms with Gasteiger partial charge in [-0.3, -0.25) is 0 Å². The van der Waals surface area contributed by atoms with E-state index in [0.29, 0.717) is 13.0 Å². The van der Waals surface area contributed by atoms with Crippen molar-refractivity contribution in [2.75, 3.05) is 6.54 Å². The Bertz CT molecular complexity index is 375. The summed E-state index contributed by atoms with van der Waals surface area (Å²) < 4.78 is 63.0. The van der Waals surface area contributed by atoms with Gasteiger partial charge in [0.15, 0.2) is 0 Å². The number of benzene rings is 1. The minimum Gasteiger partial charge on any atom is -0.305 e. The van der Waals surface area contributed by atoms with Crippen LogP contribution in [0.4, 0.5) is 22.0 Å². The molecule has 0 aliphatic heterocycles. The lowest BCUT2D eigenvalue weighted by Gasteiger charge is -2.19. The van der Waals surface area contributed by atoms with Gasteiger partial charge in [-0.15, -0.1) is 0 Å². The summed E-state index contributed by atoms with van der Waals surface area (Å²) in [4.78, 5) is 0. The van der Waals surface area contributed by atoms with Crippen molar-refractivity contribution in [2.24, 2.45) is 0 Å². The molecule has 1 nitrogen and oxygen atoms in total. The standard InChI is InChI=1S/C12H14F5N/c1-2-6-18-10(11(13)14)8-4-3-5-9(7-8)12(15,16)17/h3-5,7,10-11,18H,2,6H2,1H3. The second-order valence-corrected chi connectivity index (χ2v) is 3.89. The maximum atomic E-state index is 12.8. The van der Waals surface area contributed by atoms with Gasteiger partial charge in [-0.2, -0.15) is 13.2 Å². The smallest absolute Gasteiger partial charge is 0.305 e. The first-order valence-electron chi connectivity index (χ1n) is 5.55. The van der Waals surface area contributed by atoms with Gasteiger partial charge in [0.1, 0.15) is 0 Å². The van der Waals surface area contributed by atoms with Gasteiger partial charge < -0.3 is 5.32 Å². The van der Waals surface area contributed by atoms with Crippen molar-refractivity contribution in [1.29, 1.82) is 0 Å². The van der Waals surface area contributed by atoms with Crippen LogP contribution in [0.3, 0.4) is 0 Å². The van der Waals surface area contributed by atoms with E-state index < -0.39 is 24.2 Å². The largest absolute Gasteiger partial charge is 0.416 e. The molecule has 102 valence electrons. The van der Waals surface area contributed by atoms with Crippen LogP contribution in [0.5, 0.6) is 0 Å². The summed E-state index contributed by atoms with van der Waals surface area (Å²) >= 11 is 0. The average Bonchev–Trinajstić information content (AvgIpc) is 2.28. The highest BCUT2D eigenvalue weighted by Gasteiger charge is 2.32. The van der Waals surface area contributed by atoms with Crippen molar-refractivity contribution in [3.63, 3.8) is 0 Å². The molecule has 0 aliphatic rings.